The Kier molecular flexibility index (Phi) is 8.07. The van der Waals surface area contributed by atoms with Gasteiger partial charge in [0.15, 0.2) is 0 Å². The molecule has 4 aromatic rings. The molecule has 1 amide bonds. The first-order valence-corrected chi connectivity index (χ1v) is 14.3. The van der Waals surface area contributed by atoms with Crippen molar-refractivity contribution in [1.29, 1.82) is 0 Å². The largest absolute Gasteiger partial charge is 0.444 e. The highest BCUT2D eigenvalue weighted by atomic mass is 35.5. The lowest BCUT2D eigenvalue weighted by molar-refractivity contribution is 0.0240. The van der Waals surface area contributed by atoms with Crippen LogP contribution in [0.25, 0.3) is 38.1 Å². The Morgan fingerprint density at radius 2 is 1.67 bits per heavy atom. The molecule has 0 aliphatic carbocycles. The number of nitrogens with zero attached hydrogens (tertiary/aromatic N) is 5. The van der Waals surface area contributed by atoms with E-state index in [0.717, 1.165) is 11.1 Å². The quantitative estimate of drug-likeness (QED) is 0.225. The number of hydrogen-bond acceptors (Lipinski definition) is 5. The van der Waals surface area contributed by atoms with Crippen LogP contribution >= 0.6 is 11.6 Å². The summed E-state index contributed by atoms with van der Waals surface area (Å²) in [6, 6.07) is 16.1. The van der Waals surface area contributed by atoms with Crippen molar-refractivity contribution in [3.8, 4) is 22.4 Å². The summed E-state index contributed by atoms with van der Waals surface area (Å²) in [7, 11) is 0. The van der Waals surface area contributed by atoms with E-state index in [0.29, 0.717) is 54.2 Å². The molecule has 0 N–H and O–H groups in total. The lowest BCUT2D eigenvalue weighted by Gasteiger charge is -2.35. The van der Waals surface area contributed by atoms with Crippen molar-refractivity contribution in [2.45, 2.75) is 46.1 Å². The lowest BCUT2D eigenvalue weighted by atomic mass is 9.91. The molecular formula is C33H33ClFN5O2. The maximum absolute atomic E-state index is 15.0. The fourth-order valence-corrected chi connectivity index (χ4v) is 5.49. The van der Waals surface area contributed by atoms with Crippen molar-refractivity contribution in [2.24, 2.45) is 0 Å². The van der Waals surface area contributed by atoms with E-state index in [1.807, 2.05) is 49.9 Å². The molecule has 7 nitrogen and oxygen atoms in total. The Morgan fingerprint density at radius 3 is 2.29 bits per heavy atom. The Morgan fingerprint density at radius 1 is 1.02 bits per heavy atom. The van der Waals surface area contributed by atoms with E-state index in [9.17, 15) is 9.18 Å². The first kappa shape index (κ1) is 29.3. The third kappa shape index (κ3) is 5.75. The highest BCUT2D eigenvalue weighted by Gasteiger charge is 2.31. The van der Waals surface area contributed by atoms with Gasteiger partial charge >= 0.3 is 6.09 Å². The molecule has 2 aromatic heterocycles. The number of aromatic nitrogens is 2. The van der Waals surface area contributed by atoms with Crippen LogP contribution in [0.2, 0.25) is 5.02 Å². The van der Waals surface area contributed by atoms with Crippen LogP contribution in [-0.4, -0.2) is 52.7 Å². The number of hydrogen-bond donors (Lipinski definition) is 0. The van der Waals surface area contributed by atoms with Gasteiger partial charge in [0.1, 0.15) is 11.4 Å². The Balaban J connectivity index is 1.69. The summed E-state index contributed by atoms with van der Waals surface area (Å²) in [5, 5.41) is 0.938. The van der Waals surface area contributed by atoms with Gasteiger partial charge in [-0.2, -0.15) is 0 Å². The molecule has 0 radical (unpaired) electrons. The molecule has 1 saturated heterocycles. The van der Waals surface area contributed by atoms with Crippen molar-refractivity contribution < 1.29 is 13.9 Å². The molecule has 2 aromatic carbocycles. The number of rotatable bonds is 4. The highest BCUT2D eigenvalue weighted by molar-refractivity contribution is 6.34. The van der Waals surface area contributed by atoms with Gasteiger partial charge in [0, 0.05) is 37.3 Å². The highest BCUT2D eigenvalue weighted by Crippen LogP contribution is 2.44. The molecule has 1 aliphatic rings. The van der Waals surface area contributed by atoms with E-state index >= 15 is 0 Å². The molecule has 0 bridgehead atoms. The average Bonchev–Trinajstić information content (AvgIpc) is 2.95. The summed E-state index contributed by atoms with van der Waals surface area (Å²) >= 11 is 6.80. The number of fused-ring (bicyclic) bond motifs is 1. The lowest BCUT2D eigenvalue weighted by Crippen LogP contribution is -2.50. The topological polar surface area (TPSA) is 62.9 Å². The first-order valence-electron chi connectivity index (χ1n) is 14.0. The summed E-state index contributed by atoms with van der Waals surface area (Å²) in [5.74, 6) is 0.497. The molecule has 1 aliphatic heterocycles. The molecule has 0 unspecified atom stereocenters. The summed E-state index contributed by atoms with van der Waals surface area (Å²) in [5.41, 5.74) is 3.01. The zero-order valence-electron chi connectivity index (χ0n) is 24.4. The van der Waals surface area contributed by atoms with E-state index in [-0.39, 0.29) is 28.4 Å². The maximum atomic E-state index is 15.0. The molecule has 1 fully saturated rings. The van der Waals surface area contributed by atoms with Gasteiger partial charge in [0.05, 0.1) is 21.6 Å². The van der Waals surface area contributed by atoms with Crippen LogP contribution in [0.4, 0.5) is 20.8 Å². The van der Waals surface area contributed by atoms with Gasteiger partial charge in [-0.25, -0.2) is 14.2 Å². The summed E-state index contributed by atoms with van der Waals surface area (Å²) in [6.45, 7) is 19.7. The predicted molar refractivity (Wildman–Crippen MR) is 166 cm³/mol. The smallest absolute Gasteiger partial charge is 0.410 e. The van der Waals surface area contributed by atoms with E-state index in [2.05, 4.69) is 18.7 Å². The fraction of sp³-hybridized carbons (Fsp3) is 0.333. The van der Waals surface area contributed by atoms with Gasteiger partial charge in [-0.1, -0.05) is 68.4 Å². The van der Waals surface area contributed by atoms with Gasteiger partial charge in [-0.15, -0.1) is 4.98 Å². The molecule has 216 valence electrons. The van der Waals surface area contributed by atoms with Crippen LogP contribution in [0, 0.1) is 12.4 Å². The number of benzene rings is 2. The standard InChI is InChI=1S/C33H33ClFN5O2/c1-20(2)21-11-7-8-12-22(21)27-29-24(19-25(34)28(37-29)23-13-9-10-14-26(23)35)31(38-30(27)36-6)39-15-17-40(18-16-39)32(41)42-33(3,4)5/h7-14,19-20H,15-18H2,1-5H3. The number of anilines is 1. The molecule has 9 heteroatoms. The second kappa shape index (κ2) is 11.6. The van der Waals surface area contributed by atoms with Gasteiger partial charge in [-0.05, 0) is 56.0 Å². The van der Waals surface area contributed by atoms with E-state index in [1.54, 1.807) is 29.2 Å². The molecule has 3 heterocycles. The molecule has 0 atom stereocenters. The number of carbonyl (C=O) groups is 1. The number of pyridine rings is 2. The Labute approximate surface area is 250 Å². The van der Waals surface area contributed by atoms with Crippen LogP contribution in [0.15, 0.2) is 54.6 Å². The third-order valence-electron chi connectivity index (χ3n) is 7.21. The van der Waals surface area contributed by atoms with Gasteiger partial charge in [0.2, 0.25) is 5.82 Å². The van der Waals surface area contributed by atoms with Crippen molar-refractivity contribution in [3.05, 3.63) is 82.4 Å². The minimum atomic E-state index is -0.586. The average molecular weight is 586 g/mol. The second-order valence-corrected chi connectivity index (χ2v) is 12.0. The summed E-state index contributed by atoms with van der Waals surface area (Å²) < 4.78 is 20.5. The maximum Gasteiger partial charge on any atom is 0.410 e. The first-order chi connectivity index (χ1) is 20.0. The van der Waals surface area contributed by atoms with E-state index < -0.39 is 11.4 Å². The van der Waals surface area contributed by atoms with Crippen molar-refractivity contribution in [2.75, 3.05) is 31.1 Å². The Bertz CT molecular complexity index is 1700. The van der Waals surface area contributed by atoms with Gasteiger partial charge in [0.25, 0.3) is 5.82 Å². The van der Waals surface area contributed by atoms with Crippen molar-refractivity contribution in [3.63, 3.8) is 0 Å². The molecule has 0 spiro atoms. The second-order valence-electron chi connectivity index (χ2n) is 11.6. The zero-order valence-corrected chi connectivity index (χ0v) is 25.2. The van der Waals surface area contributed by atoms with Crippen LogP contribution in [-0.2, 0) is 4.74 Å². The number of amides is 1. The normalized spacial score (nSPS) is 13.9. The zero-order chi connectivity index (χ0) is 30.2. The van der Waals surface area contributed by atoms with Crippen molar-refractivity contribution in [1.82, 2.24) is 14.9 Å². The van der Waals surface area contributed by atoms with Crippen LogP contribution < -0.4 is 4.90 Å². The van der Waals surface area contributed by atoms with Crippen molar-refractivity contribution >= 4 is 40.2 Å². The summed E-state index contributed by atoms with van der Waals surface area (Å²) in [4.78, 5) is 30.1. The molecule has 0 saturated carbocycles. The van der Waals surface area contributed by atoms with Crippen LogP contribution in [0.1, 0.15) is 46.1 Å². The third-order valence-corrected chi connectivity index (χ3v) is 7.50. The molecular weight excluding hydrogens is 553 g/mol. The van der Waals surface area contributed by atoms with Gasteiger partial charge in [-0.3, -0.25) is 0 Å². The minimum Gasteiger partial charge on any atom is -0.444 e. The number of piperazine rings is 1. The monoisotopic (exact) mass is 585 g/mol. The Hall–Kier alpha value is -4.22. The van der Waals surface area contributed by atoms with E-state index in [4.69, 9.17) is 32.9 Å². The van der Waals surface area contributed by atoms with Gasteiger partial charge < -0.3 is 19.4 Å². The minimum absolute atomic E-state index is 0.175. The number of ether oxygens (including phenoxy) is 1. The number of halogens is 2. The van der Waals surface area contributed by atoms with E-state index in [1.165, 1.54) is 6.07 Å². The molecule has 5 rings (SSSR count). The summed E-state index contributed by atoms with van der Waals surface area (Å²) in [6.07, 6.45) is -0.360. The van der Waals surface area contributed by atoms with Crippen LogP contribution in [0.5, 0.6) is 0 Å². The predicted octanol–water partition coefficient (Wildman–Crippen LogP) is 8.49. The SMILES string of the molecule is [C-]#[N+]c1nc(N2CCN(C(=O)OC(C)(C)C)CC2)c2cc(Cl)c(-c3ccccc3F)nc2c1-c1ccccc1C(C)C. The molecule has 42 heavy (non-hydrogen) atoms. The van der Waals surface area contributed by atoms with Crippen LogP contribution in [0.3, 0.4) is 0 Å². The number of carbonyl (C=O) groups excluding carboxylic acids is 1. The fourth-order valence-electron chi connectivity index (χ4n) is 5.24.